The monoisotopic (exact) mass is 327 g/mol. The number of benzene rings is 2. The summed E-state index contributed by atoms with van der Waals surface area (Å²) in [6.07, 6.45) is 2.55. The van der Waals surface area contributed by atoms with E-state index in [1.54, 1.807) is 42.5 Å². The second-order valence-corrected chi connectivity index (χ2v) is 6.92. The number of aromatic nitrogens is 1. The van der Waals surface area contributed by atoms with E-state index in [-0.39, 0.29) is 4.90 Å². The molecule has 4 nitrogen and oxygen atoms in total. The Labute approximate surface area is 135 Å². The molecule has 0 bridgehead atoms. The molecule has 3 rings (SSSR count). The summed E-state index contributed by atoms with van der Waals surface area (Å²) in [5.74, 6) is 0.314. The van der Waals surface area contributed by atoms with Crippen LogP contribution in [0.15, 0.2) is 71.8 Å². The summed E-state index contributed by atoms with van der Waals surface area (Å²) in [7, 11) is -3.82. The molecule has 1 N–H and O–H groups in total. The van der Waals surface area contributed by atoms with Gasteiger partial charge in [-0.1, -0.05) is 29.8 Å². The molecule has 0 fully saturated rings. The molecule has 0 aliphatic carbocycles. The van der Waals surface area contributed by atoms with Crippen molar-refractivity contribution in [1.82, 2.24) is 4.98 Å². The second kappa shape index (κ2) is 6.30. The minimum Gasteiger partial charge on any atom is -0.379 e. The van der Waals surface area contributed by atoms with Gasteiger partial charge in [-0.15, -0.1) is 0 Å². The minimum absolute atomic E-state index is 0.151. The van der Waals surface area contributed by atoms with Crippen molar-refractivity contribution in [2.24, 2.45) is 0 Å². The first-order chi connectivity index (χ1) is 11.0. The predicted octanol–water partition coefficient (Wildman–Crippen LogP) is 3.68. The van der Waals surface area contributed by atoms with Crippen molar-refractivity contribution in [2.75, 3.05) is 0 Å². The van der Waals surface area contributed by atoms with E-state index in [1.165, 1.54) is 0 Å². The molecule has 23 heavy (non-hydrogen) atoms. The Hall–Kier alpha value is -2.53. The molecule has 0 unspecified atom stereocenters. The van der Waals surface area contributed by atoms with Gasteiger partial charge >= 0.3 is 10.1 Å². The van der Waals surface area contributed by atoms with Gasteiger partial charge in [-0.2, -0.15) is 8.42 Å². The summed E-state index contributed by atoms with van der Waals surface area (Å²) in [5.41, 5.74) is 3.03. The van der Waals surface area contributed by atoms with Crippen LogP contribution in [0.4, 0.5) is 0 Å². The fraction of sp³-hybridized carbons (Fsp3) is 0.111. The van der Waals surface area contributed by atoms with Crippen molar-refractivity contribution in [3.63, 3.8) is 0 Å². The van der Waals surface area contributed by atoms with E-state index in [1.807, 2.05) is 31.3 Å². The highest BCUT2D eigenvalue weighted by molar-refractivity contribution is 7.87. The third-order valence-corrected chi connectivity index (χ3v) is 4.73. The first kappa shape index (κ1) is 15.4. The van der Waals surface area contributed by atoms with Crippen LogP contribution in [0.3, 0.4) is 0 Å². The molecule has 0 saturated carbocycles. The largest absolute Gasteiger partial charge is 0.379 e. The van der Waals surface area contributed by atoms with Gasteiger partial charge in [0.1, 0.15) is 10.6 Å². The van der Waals surface area contributed by atoms with E-state index in [0.717, 1.165) is 16.8 Å². The van der Waals surface area contributed by atoms with Crippen LogP contribution in [0.1, 0.15) is 16.8 Å². The van der Waals surface area contributed by atoms with Crippen molar-refractivity contribution >= 4 is 10.1 Å². The Morgan fingerprint density at radius 1 is 1.00 bits per heavy atom. The maximum atomic E-state index is 12.3. The van der Waals surface area contributed by atoms with Crippen LogP contribution in [0.25, 0.3) is 0 Å². The standard InChI is InChI=1S/C18H17NO3S/c1-14-7-9-18(10-8-14)23(20,21)22-17-6-2-4-15(13-17)12-16-5-3-11-19-16/h2-11,13,19H,12H2,1H3. The number of nitrogens with one attached hydrogen (secondary N) is 1. The number of hydrogen-bond donors (Lipinski definition) is 1. The van der Waals surface area contributed by atoms with Gasteiger partial charge in [0.25, 0.3) is 0 Å². The highest BCUT2D eigenvalue weighted by Gasteiger charge is 2.16. The fourth-order valence-corrected chi connectivity index (χ4v) is 3.21. The fourth-order valence-electron chi connectivity index (χ4n) is 2.28. The Morgan fingerprint density at radius 2 is 1.78 bits per heavy atom. The average molecular weight is 327 g/mol. The molecule has 0 atom stereocenters. The van der Waals surface area contributed by atoms with Gasteiger partial charge in [-0.05, 0) is 48.9 Å². The Kier molecular flexibility index (Phi) is 4.21. The van der Waals surface area contributed by atoms with Crippen molar-refractivity contribution < 1.29 is 12.6 Å². The first-order valence-electron chi connectivity index (χ1n) is 7.25. The SMILES string of the molecule is Cc1ccc(S(=O)(=O)Oc2cccc(Cc3ccc[nH]3)c2)cc1. The molecule has 0 aliphatic rings. The molecule has 118 valence electrons. The zero-order valence-electron chi connectivity index (χ0n) is 12.7. The van der Waals surface area contributed by atoms with E-state index in [2.05, 4.69) is 4.98 Å². The van der Waals surface area contributed by atoms with Gasteiger partial charge in [-0.3, -0.25) is 0 Å². The van der Waals surface area contributed by atoms with Crippen molar-refractivity contribution in [2.45, 2.75) is 18.2 Å². The summed E-state index contributed by atoms with van der Waals surface area (Å²) in [5, 5.41) is 0. The van der Waals surface area contributed by atoms with Crippen LogP contribution >= 0.6 is 0 Å². The second-order valence-electron chi connectivity index (χ2n) is 5.37. The topological polar surface area (TPSA) is 59.2 Å². The lowest BCUT2D eigenvalue weighted by atomic mass is 10.1. The normalized spacial score (nSPS) is 11.3. The zero-order valence-corrected chi connectivity index (χ0v) is 13.5. The molecule has 1 aromatic heterocycles. The predicted molar refractivity (Wildman–Crippen MR) is 89.0 cm³/mol. The number of hydrogen-bond acceptors (Lipinski definition) is 3. The number of rotatable bonds is 5. The van der Waals surface area contributed by atoms with E-state index < -0.39 is 10.1 Å². The maximum absolute atomic E-state index is 12.3. The maximum Gasteiger partial charge on any atom is 0.339 e. The summed E-state index contributed by atoms with van der Waals surface area (Å²) < 4.78 is 29.9. The molecular formula is C18H17NO3S. The van der Waals surface area contributed by atoms with E-state index in [0.29, 0.717) is 12.2 Å². The first-order valence-corrected chi connectivity index (χ1v) is 8.66. The zero-order chi connectivity index (χ0) is 16.3. The molecule has 0 saturated heterocycles. The molecular weight excluding hydrogens is 310 g/mol. The summed E-state index contributed by atoms with van der Waals surface area (Å²) in [6.45, 7) is 1.90. The van der Waals surface area contributed by atoms with Crippen LogP contribution in [-0.4, -0.2) is 13.4 Å². The summed E-state index contributed by atoms with van der Waals surface area (Å²) in [6, 6.07) is 17.6. The van der Waals surface area contributed by atoms with Gasteiger partial charge < -0.3 is 9.17 Å². The highest BCUT2D eigenvalue weighted by atomic mass is 32.2. The molecule has 0 radical (unpaired) electrons. The van der Waals surface area contributed by atoms with Crippen molar-refractivity contribution in [3.8, 4) is 5.75 Å². The van der Waals surface area contributed by atoms with Crippen LogP contribution in [0.5, 0.6) is 5.75 Å². The lowest BCUT2D eigenvalue weighted by molar-refractivity contribution is 0.486. The summed E-state index contributed by atoms with van der Waals surface area (Å²) in [4.78, 5) is 3.28. The summed E-state index contributed by atoms with van der Waals surface area (Å²) >= 11 is 0. The van der Waals surface area contributed by atoms with Gasteiger partial charge in [0, 0.05) is 18.3 Å². The molecule has 2 aromatic carbocycles. The van der Waals surface area contributed by atoms with Crippen molar-refractivity contribution in [3.05, 3.63) is 83.7 Å². The van der Waals surface area contributed by atoms with E-state index in [4.69, 9.17) is 4.18 Å². The lowest BCUT2D eigenvalue weighted by Crippen LogP contribution is -2.09. The van der Waals surface area contributed by atoms with E-state index in [9.17, 15) is 8.42 Å². The number of aryl methyl sites for hydroxylation is 1. The van der Waals surface area contributed by atoms with Crippen LogP contribution < -0.4 is 4.18 Å². The Morgan fingerprint density at radius 3 is 2.48 bits per heavy atom. The molecule has 1 heterocycles. The molecule has 5 heteroatoms. The number of aromatic amines is 1. The molecule has 0 aliphatic heterocycles. The van der Waals surface area contributed by atoms with Crippen LogP contribution in [0.2, 0.25) is 0 Å². The van der Waals surface area contributed by atoms with Crippen LogP contribution in [0, 0.1) is 6.92 Å². The third kappa shape index (κ3) is 3.81. The smallest absolute Gasteiger partial charge is 0.339 e. The highest BCUT2D eigenvalue weighted by Crippen LogP contribution is 2.21. The van der Waals surface area contributed by atoms with Gasteiger partial charge in [0.05, 0.1) is 0 Å². The van der Waals surface area contributed by atoms with Gasteiger partial charge in [0.15, 0.2) is 0 Å². The Balaban J connectivity index is 1.80. The average Bonchev–Trinajstić information content (AvgIpc) is 3.00. The minimum atomic E-state index is -3.82. The van der Waals surface area contributed by atoms with E-state index >= 15 is 0 Å². The third-order valence-electron chi connectivity index (χ3n) is 3.47. The van der Waals surface area contributed by atoms with Gasteiger partial charge in [-0.25, -0.2) is 0 Å². The van der Waals surface area contributed by atoms with Crippen molar-refractivity contribution in [1.29, 1.82) is 0 Å². The molecule has 0 spiro atoms. The van der Waals surface area contributed by atoms with Gasteiger partial charge in [0.2, 0.25) is 0 Å². The Bertz CT molecular complexity index is 882. The van der Waals surface area contributed by atoms with Crippen LogP contribution in [-0.2, 0) is 16.5 Å². The molecule has 0 amide bonds. The lowest BCUT2D eigenvalue weighted by Gasteiger charge is -2.08. The number of H-pyrrole nitrogens is 1. The molecule has 3 aromatic rings. The quantitative estimate of drug-likeness (QED) is 0.727.